The summed E-state index contributed by atoms with van der Waals surface area (Å²) < 4.78 is 7.27. The van der Waals surface area contributed by atoms with E-state index in [1.165, 1.54) is 7.11 Å². The second kappa shape index (κ2) is 7.78. The normalized spacial score (nSPS) is 17.1. The average Bonchev–Trinajstić information content (AvgIpc) is 3.26. The van der Waals surface area contributed by atoms with Crippen LogP contribution in [0.2, 0.25) is 5.02 Å². The summed E-state index contributed by atoms with van der Waals surface area (Å²) in [6.45, 7) is 5.88. The molecule has 0 saturated heterocycles. The first-order chi connectivity index (χ1) is 15.8. The molecule has 0 fully saturated rings. The summed E-state index contributed by atoms with van der Waals surface area (Å²) in [6, 6.07) is 17.2. The number of ether oxygens (including phenoxy) is 1. The predicted octanol–water partition coefficient (Wildman–Crippen LogP) is 5.49. The van der Waals surface area contributed by atoms with E-state index in [-0.39, 0.29) is 5.78 Å². The van der Waals surface area contributed by atoms with Crippen molar-refractivity contribution >= 4 is 29.1 Å². The summed E-state index contributed by atoms with van der Waals surface area (Å²) in [5.41, 5.74) is 7.80. The van der Waals surface area contributed by atoms with Crippen LogP contribution in [0, 0.1) is 13.8 Å². The van der Waals surface area contributed by atoms with E-state index in [4.69, 9.17) is 16.3 Å². The number of dihydropyridines is 1. The first-order valence-electron chi connectivity index (χ1n) is 10.7. The number of methoxy groups -OCH3 is 1. The molecule has 0 unspecified atom stereocenters. The number of halogens is 1. The average molecular weight is 459 g/mol. The van der Waals surface area contributed by atoms with Gasteiger partial charge < -0.3 is 14.6 Å². The SMILES string of the molecule is COC(=O)C1=C(C)NC2=C(C(=O)c3ccccc32)[C@H]1c1cc(C)n(-c2ccc(Cl)cc2)c1C. The number of hydrogen-bond donors (Lipinski definition) is 1. The van der Waals surface area contributed by atoms with Crippen LogP contribution >= 0.6 is 11.6 Å². The number of esters is 1. The number of aromatic nitrogens is 1. The second-order valence-electron chi connectivity index (χ2n) is 8.39. The van der Waals surface area contributed by atoms with Crippen molar-refractivity contribution in [3.63, 3.8) is 0 Å². The molecule has 1 atom stereocenters. The van der Waals surface area contributed by atoms with E-state index in [1.54, 1.807) is 0 Å². The minimum absolute atomic E-state index is 0.0664. The Hall–Kier alpha value is -3.57. The number of rotatable bonds is 3. The van der Waals surface area contributed by atoms with Gasteiger partial charge >= 0.3 is 5.97 Å². The van der Waals surface area contributed by atoms with Crippen molar-refractivity contribution in [1.82, 2.24) is 9.88 Å². The van der Waals surface area contributed by atoms with Gasteiger partial charge in [0, 0.05) is 44.5 Å². The van der Waals surface area contributed by atoms with Crippen molar-refractivity contribution in [1.29, 1.82) is 0 Å². The Kier molecular flexibility index (Phi) is 5.02. The number of hydrogen-bond acceptors (Lipinski definition) is 4. The maximum absolute atomic E-state index is 13.6. The molecule has 0 amide bonds. The van der Waals surface area contributed by atoms with Crippen LogP contribution in [0.5, 0.6) is 0 Å². The number of Topliss-reactive ketones (excluding diaryl/α,β-unsaturated/α-hetero) is 1. The number of nitrogens with one attached hydrogen (secondary N) is 1. The quantitative estimate of drug-likeness (QED) is 0.527. The molecule has 33 heavy (non-hydrogen) atoms. The largest absolute Gasteiger partial charge is 0.466 e. The zero-order valence-electron chi connectivity index (χ0n) is 18.8. The maximum atomic E-state index is 13.6. The van der Waals surface area contributed by atoms with Gasteiger partial charge in [-0.3, -0.25) is 4.79 Å². The summed E-state index contributed by atoms with van der Waals surface area (Å²) in [5, 5.41) is 3.99. The third-order valence-corrected chi connectivity index (χ3v) is 6.77. The fourth-order valence-corrected chi connectivity index (χ4v) is 5.21. The molecule has 1 N–H and O–H groups in total. The summed E-state index contributed by atoms with van der Waals surface area (Å²) in [5.74, 6) is -1.05. The standard InChI is InChI=1S/C27H23ClN2O3/c1-14-13-21(16(3)30(14)18-11-9-17(28)10-12-18)23-22(27(32)33-4)15(2)29-25-19-7-5-6-8-20(19)26(31)24(23)25/h5-13,23,29H,1-4H3/t23-/m0/s1. The molecule has 2 heterocycles. The Morgan fingerprint density at radius 3 is 2.36 bits per heavy atom. The monoisotopic (exact) mass is 458 g/mol. The van der Waals surface area contributed by atoms with Crippen LogP contribution in [0.3, 0.4) is 0 Å². The highest BCUT2D eigenvalue weighted by molar-refractivity contribution is 6.30. The van der Waals surface area contributed by atoms with Gasteiger partial charge in [0.25, 0.3) is 0 Å². The molecule has 5 rings (SSSR count). The number of carbonyl (C=O) groups excluding carboxylic acids is 2. The van der Waals surface area contributed by atoms with Gasteiger partial charge in [0.15, 0.2) is 5.78 Å². The van der Waals surface area contributed by atoms with E-state index in [0.29, 0.717) is 27.4 Å². The van der Waals surface area contributed by atoms with E-state index in [2.05, 4.69) is 16.0 Å². The fourth-order valence-electron chi connectivity index (χ4n) is 5.09. The van der Waals surface area contributed by atoms with E-state index in [9.17, 15) is 9.59 Å². The Morgan fingerprint density at radius 1 is 1.03 bits per heavy atom. The summed E-state index contributed by atoms with van der Waals surface area (Å²) in [7, 11) is 1.37. The topological polar surface area (TPSA) is 60.3 Å². The lowest BCUT2D eigenvalue weighted by atomic mass is 9.79. The van der Waals surface area contributed by atoms with Crippen molar-refractivity contribution in [3.05, 3.63) is 105 Å². The van der Waals surface area contributed by atoms with Crippen LogP contribution in [0.15, 0.2) is 71.4 Å². The van der Waals surface area contributed by atoms with E-state index < -0.39 is 11.9 Å². The Balaban J connectivity index is 1.75. The van der Waals surface area contributed by atoms with Gasteiger partial charge in [0.1, 0.15) is 0 Å². The Bertz CT molecular complexity index is 1390. The lowest BCUT2D eigenvalue weighted by Gasteiger charge is -2.29. The lowest BCUT2D eigenvalue weighted by molar-refractivity contribution is -0.136. The highest BCUT2D eigenvalue weighted by atomic mass is 35.5. The number of aryl methyl sites for hydroxylation is 1. The Labute approximate surface area is 197 Å². The van der Waals surface area contributed by atoms with Crippen LogP contribution in [-0.4, -0.2) is 23.4 Å². The molecule has 1 aliphatic heterocycles. The third-order valence-electron chi connectivity index (χ3n) is 6.52. The van der Waals surface area contributed by atoms with Gasteiger partial charge in [0.05, 0.1) is 24.3 Å². The molecular weight excluding hydrogens is 436 g/mol. The molecule has 2 aromatic carbocycles. The molecule has 0 bridgehead atoms. The van der Waals surface area contributed by atoms with Crippen molar-refractivity contribution < 1.29 is 14.3 Å². The molecule has 1 aliphatic carbocycles. The number of benzene rings is 2. The van der Waals surface area contributed by atoms with E-state index >= 15 is 0 Å². The molecule has 166 valence electrons. The van der Waals surface area contributed by atoms with Crippen molar-refractivity contribution in [3.8, 4) is 5.69 Å². The van der Waals surface area contributed by atoms with Gasteiger partial charge in [0.2, 0.25) is 0 Å². The Morgan fingerprint density at radius 2 is 1.70 bits per heavy atom. The minimum atomic E-state index is -0.541. The summed E-state index contributed by atoms with van der Waals surface area (Å²) >= 11 is 6.10. The lowest BCUT2D eigenvalue weighted by Crippen LogP contribution is -2.29. The molecule has 1 aromatic heterocycles. The number of nitrogens with zero attached hydrogens (tertiary/aromatic N) is 1. The fraction of sp³-hybridized carbons (Fsp3) is 0.185. The maximum Gasteiger partial charge on any atom is 0.336 e. The van der Waals surface area contributed by atoms with Crippen LogP contribution in [0.1, 0.15) is 45.7 Å². The first-order valence-corrected chi connectivity index (χ1v) is 11.1. The summed E-state index contributed by atoms with van der Waals surface area (Å²) in [6.07, 6.45) is 0. The van der Waals surface area contributed by atoms with Crippen molar-refractivity contribution in [2.45, 2.75) is 26.7 Å². The molecule has 0 radical (unpaired) electrons. The van der Waals surface area contributed by atoms with Crippen LogP contribution in [-0.2, 0) is 9.53 Å². The first kappa shape index (κ1) is 21.3. The molecule has 3 aromatic rings. The van der Waals surface area contributed by atoms with Gasteiger partial charge in [-0.25, -0.2) is 4.79 Å². The van der Waals surface area contributed by atoms with E-state index in [0.717, 1.165) is 33.9 Å². The van der Waals surface area contributed by atoms with Crippen molar-refractivity contribution in [2.24, 2.45) is 0 Å². The van der Waals surface area contributed by atoms with Gasteiger partial charge in [-0.1, -0.05) is 35.9 Å². The van der Waals surface area contributed by atoms with Crippen molar-refractivity contribution in [2.75, 3.05) is 7.11 Å². The molecule has 0 saturated carbocycles. The van der Waals surface area contributed by atoms with Gasteiger partial charge in [-0.05, 0) is 56.7 Å². The van der Waals surface area contributed by atoms with Gasteiger partial charge in [-0.2, -0.15) is 0 Å². The molecule has 0 spiro atoms. The molecule has 5 nitrogen and oxygen atoms in total. The molecule has 2 aliphatic rings. The van der Waals surface area contributed by atoms with Crippen LogP contribution < -0.4 is 5.32 Å². The highest BCUT2D eigenvalue weighted by Gasteiger charge is 2.43. The minimum Gasteiger partial charge on any atom is -0.466 e. The third kappa shape index (κ3) is 3.15. The predicted molar refractivity (Wildman–Crippen MR) is 129 cm³/mol. The highest BCUT2D eigenvalue weighted by Crippen LogP contribution is 2.48. The zero-order valence-corrected chi connectivity index (χ0v) is 19.6. The molecule has 6 heteroatoms. The van der Waals surface area contributed by atoms with Gasteiger partial charge in [-0.15, -0.1) is 0 Å². The number of fused-ring (bicyclic) bond motifs is 2. The smallest absolute Gasteiger partial charge is 0.336 e. The number of allylic oxidation sites excluding steroid dienone is 2. The summed E-state index contributed by atoms with van der Waals surface area (Å²) in [4.78, 5) is 26.6. The number of carbonyl (C=O) groups is 2. The zero-order chi connectivity index (χ0) is 23.4. The van der Waals surface area contributed by atoms with E-state index in [1.807, 2.05) is 69.3 Å². The second-order valence-corrected chi connectivity index (χ2v) is 8.83. The van der Waals surface area contributed by atoms with Crippen LogP contribution in [0.4, 0.5) is 0 Å². The molecular formula is C27H23ClN2O3. The van der Waals surface area contributed by atoms with Crippen LogP contribution in [0.25, 0.3) is 11.4 Å². The number of ketones is 1.